The largest absolute Gasteiger partial charge is 0.409 e. The minimum absolute atomic E-state index is 0.0849. The number of carbonyl (C=O) groups excluding carboxylic acids is 1. The zero-order valence-electron chi connectivity index (χ0n) is 9.67. The number of aromatic nitrogens is 2. The van der Waals surface area contributed by atoms with E-state index < -0.39 is 0 Å². The van der Waals surface area contributed by atoms with Crippen LogP contribution in [0.25, 0.3) is 0 Å². The molecule has 1 heterocycles. The Morgan fingerprint density at radius 3 is 3.06 bits per heavy atom. The van der Waals surface area contributed by atoms with E-state index in [0.29, 0.717) is 17.8 Å². The summed E-state index contributed by atoms with van der Waals surface area (Å²) in [6.07, 6.45) is 3.76. The number of anilines is 1. The van der Waals surface area contributed by atoms with Crippen molar-refractivity contribution in [2.75, 3.05) is 17.3 Å². The van der Waals surface area contributed by atoms with Gasteiger partial charge in [-0.15, -0.1) is 0 Å². The summed E-state index contributed by atoms with van der Waals surface area (Å²) in [4.78, 5) is 11.6. The first-order chi connectivity index (χ1) is 8.10. The van der Waals surface area contributed by atoms with E-state index in [1.54, 1.807) is 18.8 Å². The summed E-state index contributed by atoms with van der Waals surface area (Å²) in [5, 5.41) is 18.1. The summed E-state index contributed by atoms with van der Waals surface area (Å²) >= 11 is 1.59. The molecule has 0 unspecified atom stereocenters. The van der Waals surface area contributed by atoms with E-state index in [9.17, 15) is 4.79 Å². The highest BCUT2D eigenvalue weighted by molar-refractivity contribution is 7.98. The highest BCUT2D eigenvalue weighted by Gasteiger charge is 2.14. The van der Waals surface area contributed by atoms with Gasteiger partial charge >= 0.3 is 0 Å². The first kappa shape index (κ1) is 13.4. The Morgan fingerprint density at radius 2 is 2.47 bits per heavy atom. The van der Waals surface area contributed by atoms with Crippen LogP contribution >= 0.6 is 11.8 Å². The molecule has 7 nitrogen and oxygen atoms in total. The second-order valence-electron chi connectivity index (χ2n) is 3.31. The lowest BCUT2D eigenvalue weighted by atomic mass is 10.3. The summed E-state index contributed by atoms with van der Waals surface area (Å²) in [6.45, 7) is 0. The number of rotatable bonds is 5. The van der Waals surface area contributed by atoms with E-state index in [0.717, 1.165) is 5.75 Å². The van der Waals surface area contributed by atoms with Crippen LogP contribution in [0.15, 0.2) is 11.4 Å². The number of oxime groups is 1. The van der Waals surface area contributed by atoms with Crippen molar-refractivity contribution < 1.29 is 10.0 Å². The maximum absolute atomic E-state index is 11.6. The molecular formula is C9H15N5O2S. The molecule has 1 amide bonds. The molecule has 17 heavy (non-hydrogen) atoms. The maximum Gasteiger partial charge on any atom is 0.226 e. The van der Waals surface area contributed by atoms with Gasteiger partial charge in [-0.2, -0.15) is 16.9 Å². The lowest BCUT2D eigenvalue weighted by molar-refractivity contribution is -0.115. The molecular weight excluding hydrogens is 242 g/mol. The topological polar surface area (TPSA) is 106 Å². The zero-order valence-corrected chi connectivity index (χ0v) is 10.5. The van der Waals surface area contributed by atoms with Crippen LogP contribution in [0.3, 0.4) is 0 Å². The molecule has 8 heteroatoms. The molecule has 1 aromatic rings. The predicted octanol–water partition coefficient (Wildman–Crippen LogP) is 0.206. The normalized spacial score (nSPS) is 11.5. The highest BCUT2D eigenvalue weighted by Crippen LogP contribution is 2.14. The van der Waals surface area contributed by atoms with Gasteiger partial charge in [-0.25, -0.2) is 0 Å². The molecule has 0 spiro atoms. The number of hydrogen-bond donors (Lipinski definition) is 3. The maximum atomic E-state index is 11.6. The number of carbonyl (C=O) groups is 1. The summed E-state index contributed by atoms with van der Waals surface area (Å²) in [5.41, 5.74) is 5.87. The zero-order chi connectivity index (χ0) is 12.8. The number of amides is 1. The fourth-order valence-corrected chi connectivity index (χ4v) is 1.61. The summed E-state index contributed by atoms with van der Waals surface area (Å²) < 4.78 is 1.46. The molecule has 1 rings (SSSR count). The van der Waals surface area contributed by atoms with Crippen LogP contribution in [0.4, 0.5) is 5.82 Å². The highest BCUT2D eigenvalue weighted by atomic mass is 32.2. The number of nitrogens with two attached hydrogens (primary N) is 1. The monoisotopic (exact) mass is 257 g/mol. The van der Waals surface area contributed by atoms with Gasteiger partial charge in [0.15, 0.2) is 5.84 Å². The van der Waals surface area contributed by atoms with Gasteiger partial charge in [0, 0.05) is 19.2 Å². The van der Waals surface area contributed by atoms with Gasteiger partial charge in [-0.3, -0.25) is 9.48 Å². The fourth-order valence-electron chi connectivity index (χ4n) is 1.22. The Morgan fingerprint density at radius 1 is 1.76 bits per heavy atom. The van der Waals surface area contributed by atoms with Crippen molar-refractivity contribution >= 4 is 29.3 Å². The van der Waals surface area contributed by atoms with Gasteiger partial charge in [-0.05, 0) is 6.26 Å². The molecule has 0 aliphatic carbocycles. The number of aryl methyl sites for hydroxylation is 1. The third kappa shape index (κ3) is 3.38. The van der Waals surface area contributed by atoms with Crippen LogP contribution in [0.5, 0.6) is 0 Å². The van der Waals surface area contributed by atoms with Crippen molar-refractivity contribution in [2.45, 2.75) is 6.42 Å². The van der Waals surface area contributed by atoms with Gasteiger partial charge in [0.2, 0.25) is 5.91 Å². The minimum Gasteiger partial charge on any atom is -0.409 e. The van der Waals surface area contributed by atoms with Gasteiger partial charge < -0.3 is 16.3 Å². The average molecular weight is 257 g/mol. The molecule has 0 saturated carbocycles. The number of nitrogens with zero attached hydrogens (tertiary/aromatic N) is 3. The van der Waals surface area contributed by atoms with E-state index in [1.165, 1.54) is 10.9 Å². The van der Waals surface area contributed by atoms with Crippen molar-refractivity contribution in [3.63, 3.8) is 0 Å². The first-order valence-corrected chi connectivity index (χ1v) is 6.28. The second kappa shape index (κ2) is 6.14. The van der Waals surface area contributed by atoms with Gasteiger partial charge in [-0.1, -0.05) is 5.16 Å². The molecule has 0 radical (unpaired) electrons. The van der Waals surface area contributed by atoms with Crippen LogP contribution < -0.4 is 11.1 Å². The van der Waals surface area contributed by atoms with Crippen LogP contribution in [-0.4, -0.2) is 38.7 Å². The van der Waals surface area contributed by atoms with Gasteiger partial charge in [0.05, 0.1) is 11.8 Å². The third-order valence-corrected chi connectivity index (χ3v) is 2.73. The number of hydrogen-bond acceptors (Lipinski definition) is 5. The molecule has 0 atom stereocenters. The lowest BCUT2D eigenvalue weighted by Gasteiger charge is -2.07. The SMILES string of the molecule is CSCCC(=O)Nc1c(/C(N)=N/O)cnn1C. The minimum atomic E-state index is -0.130. The Bertz CT molecular complexity index is 429. The molecule has 4 N–H and O–H groups in total. The summed E-state index contributed by atoms with van der Waals surface area (Å²) in [7, 11) is 1.67. The molecule has 94 valence electrons. The smallest absolute Gasteiger partial charge is 0.226 e. The van der Waals surface area contributed by atoms with Gasteiger partial charge in [0.1, 0.15) is 5.82 Å². The average Bonchev–Trinajstić information content (AvgIpc) is 2.67. The fraction of sp³-hybridized carbons (Fsp3) is 0.444. The summed E-state index contributed by atoms with van der Waals surface area (Å²) in [6, 6.07) is 0. The number of thioether (sulfide) groups is 1. The van der Waals surface area contributed by atoms with Crippen LogP contribution in [0.1, 0.15) is 12.0 Å². The van der Waals surface area contributed by atoms with Crippen LogP contribution in [-0.2, 0) is 11.8 Å². The Hall–Kier alpha value is -1.70. The van der Waals surface area contributed by atoms with Crippen LogP contribution in [0, 0.1) is 0 Å². The first-order valence-electron chi connectivity index (χ1n) is 4.88. The Kier molecular flexibility index (Phi) is 4.83. The Labute approximate surface area is 103 Å². The molecule has 0 fully saturated rings. The molecule has 0 aliphatic rings. The molecule has 1 aromatic heterocycles. The predicted molar refractivity (Wildman–Crippen MR) is 67.3 cm³/mol. The van der Waals surface area contributed by atoms with Crippen LogP contribution in [0.2, 0.25) is 0 Å². The quantitative estimate of drug-likeness (QED) is 0.302. The van der Waals surface area contributed by atoms with Crippen molar-refractivity contribution in [3.05, 3.63) is 11.8 Å². The van der Waals surface area contributed by atoms with E-state index in [1.807, 2.05) is 6.26 Å². The summed E-state index contributed by atoms with van der Waals surface area (Å²) in [5.74, 6) is 0.947. The standard InChI is InChI=1S/C9H15N5O2S/c1-14-9(12-7(15)3-4-17-2)6(5-11-14)8(10)13-16/h5,16H,3-4H2,1-2H3,(H2,10,13)(H,12,15). The second-order valence-corrected chi connectivity index (χ2v) is 4.29. The van der Waals surface area contributed by atoms with Gasteiger partial charge in [0.25, 0.3) is 0 Å². The molecule has 0 saturated heterocycles. The molecule has 0 bridgehead atoms. The number of amidine groups is 1. The molecule has 0 aromatic carbocycles. The van der Waals surface area contributed by atoms with E-state index in [4.69, 9.17) is 10.9 Å². The Balaban J connectivity index is 2.83. The van der Waals surface area contributed by atoms with Crippen molar-refractivity contribution in [1.29, 1.82) is 0 Å². The van der Waals surface area contributed by atoms with Crippen molar-refractivity contribution in [2.24, 2.45) is 17.9 Å². The number of nitrogens with one attached hydrogen (secondary N) is 1. The molecule has 0 aliphatic heterocycles. The lowest BCUT2D eigenvalue weighted by Crippen LogP contribution is -2.20. The van der Waals surface area contributed by atoms with E-state index >= 15 is 0 Å². The van der Waals surface area contributed by atoms with E-state index in [2.05, 4.69) is 15.6 Å². The van der Waals surface area contributed by atoms with Crippen molar-refractivity contribution in [1.82, 2.24) is 9.78 Å². The van der Waals surface area contributed by atoms with E-state index in [-0.39, 0.29) is 11.7 Å². The van der Waals surface area contributed by atoms with Crippen molar-refractivity contribution in [3.8, 4) is 0 Å². The third-order valence-electron chi connectivity index (χ3n) is 2.11.